The van der Waals surface area contributed by atoms with Gasteiger partial charge in [0.2, 0.25) is 0 Å². The molecule has 0 aliphatic heterocycles. The van der Waals surface area contributed by atoms with Gasteiger partial charge in [0.05, 0.1) is 47.1 Å². The molecule has 4 rings (SSSR count). The highest BCUT2D eigenvalue weighted by Gasteiger charge is 2.29. The normalized spacial score (nSPS) is 11.8. The lowest BCUT2D eigenvalue weighted by Gasteiger charge is -2.32. The molecule has 1 aromatic heterocycles. The number of hydrogen-bond donors (Lipinski definition) is 1. The van der Waals surface area contributed by atoms with E-state index in [9.17, 15) is 9.59 Å². The summed E-state index contributed by atoms with van der Waals surface area (Å²) < 4.78 is 12.2. The minimum absolute atomic E-state index is 0.234. The van der Waals surface area contributed by atoms with Crippen molar-refractivity contribution in [3.63, 3.8) is 0 Å². The fraction of sp³-hybridized carbons (Fsp3) is 0.250. The standard InChI is InChI=1S/C28H28Cl2N4O4/c1-4-25(33(15-16-37-2)28(36)32-24-14-9-18(29)17-22(24)30)26-31-23-8-6-5-7-21(23)27(35)34(26)19-10-12-20(38-3)13-11-19/h5-14,17,25H,4,15-16H2,1-3H3,(H,32,36). The summed E-state index contributed by atoms with van der Waals surface area (Å²) in [6, 6.07) is 18.2. The number of urea groups is 1. The Morgan fingerprint density at radius 1 is 1.08 bits per heavy atom. The van der Waals surface area contributed by atoms with Gasteiger partial charge in [-0.1, -0.05) is 42.3 Å². The van der Waals surface area contributed by atoms with Crippen LogP contribution in [0, 0.1) is 0 Å². The highest BCUT2D eigenvalue weighted by molar-refractivity contribution is 6.36. The van der Waals surface area contributed by atoms with E-state index in [0.29, 0.717) is 50.3 Å². The second kappa shape index (κ2) is 12.3. The molecule has 10 heteroatoms. The number of methoxy groups -OCH3 is 2. The first kappa shape index (κ1) is 27.4. The summed E-state index contributed by atoms with van der Waals surface area (Å²) in [5, 5.41) is 4.11. The number of rotatable bonds is 9. The fourth-order valence-corrected chi connectivity index (χ4v) is 4.72. The molecule has 3 aromatic carbocycles. The van der Waals surface area contributed by atoms with Gasteiger partial charge in [-0.2, -0.15) is 0 Å². The van der Waals surface area contributed by atoms with Crippen molar-refractivity contribution in [3.8, 4) is 11.4 Å². The van der Waals surface area contributed by atoms with Gasteiger partial charge in [-0.15, -0.1) is 0 Å². The van der Waals surface area contributed by atoms with Crippen molar-refractivity contribution in [1.82, 2.24) is 14.5 Å². The van der Waals surface area contributed by atoms with Gasteiger partial charge in [0.25, 0.3) is 5.56 Å². The molecule has 0 fully saturated rings. The molecule has 0 aliphatic rings. The van der Waals surface area contributed by atoms with Crippen LogP contribution in [0.15, 0.2) is 71.5 Å². The lowest BCUT2D eigenvalue weighted by atomic mass is 10.1. The zero-order valence-electron chi connectivity index (χ0n) is 21.3. The minimum atomic E-state index is -0.573. The third kappa shape index (κ3) is 5.78. The molecule has 1 heterocycles. The summed E-state index contributed by atoms with van der Waals surface area (Å²) in [5.74, 6) is 1.08. The van der Waals surface area contributed by atoms with E-state index < -0.39 is 12.1 Å². The summed E-state index contributed by atoms with van der Waals surface area (Å²) in [6.45, 7) is 2.46. The topological polar surface area (TPSA) is 85.7 Å². The van der Waals surface area contributed by atoms with Gasteiger partial charge >= 0.3 is 6.03 Å². The molecule has 4 aromatic rings. The van der Waals surface area contributed by atoms with Crippen molar-refractivity contribution in [2.75, 3.05) is 32.7 Å². The smallest absolute Gasteiger partial charge is 0.322 e. The molecule has 1 atom stereocenters. The van der Waals surface area contributed by atoms with Crippen LogP contribution < -0.4 is 15.6 Å². The highest BCUT2D eigenvalue weighted by atomic mass is 35.5. The molecular formula is C28H28Cl2N4O4. The first-order chi connectivity index (χ1) is 18.4. The van der Waals surface area contributed by atoms with Crippen LogP contribution in [0.25, 0.3) is 16.6 Å². The van der Waals surface area contributed by atoms with Crippen molar-refractivity contribution >= 4 is 45.8 Å². The summed E-state index contributed by atoms with van der Waals surface area (Å²) in [7, 11) is 3.14. The van der Waals surface area contributed by atoms with Gasteiger partial charge in [-0.05, 0) is 61.0 Å². The summed E-state index contributed by atoms with van der Waals surface area (Å²) in [5.41, 5.74) is 1.33. The average molecular weight is 555 g/mol. The summed E-state index contributed by atoms with van der Waals surface area (Å²) in [6.07, 6.45) is 0.479. The van der Waals surface area contributed by atoms with E-state index in [1.165, 1.54) is 0 Å². The number of hydrogen-bond acceptors (Lipinski definition) is 5. The van der Waals surface area contributed by atoms with E-state index in [4.69, 9.17) is 37.7 Å². The number of nitrogens with zero attached hydrogens (tertiary/aromatic N) is 3. The van der Waals surface area contributed by atoms with Gasteiger partial charge in [0.15, 0.2) is 0 Å². The maximum Gasteiger partial charge on any atom is 0.322 e. The lowest BCUT2D eigenvalue weighted by molar-refractivity contribution is 0.131. The Bertz CT molecular complexity index is 1490. The Kier molecular flexibility index (Phi) is 8.89. The second-order valence-corrected chi connectivity index (χ2v) is 9.33. The van der Waals surface area contributed by atoms with Gasteiger partial charge in [-0.25, -0.2) is 9.78 Å². The van der Waals surface area contributed by atoms with Crippen LogP contribution in [0.3, 0.4) is 0 Å². The lowest BCUT2D eigenvalue weighted by Crippen LogP contribution is -2.42. The fourth-order valence-electron chi connectivity index (χ4n) is 4.26. The maximum atomic E-state index is 13.8. The number of carbonyl (C=O) groups excluding carboxylic acids is 1. The van der Waals surface area contributed by atoms with Crippen LogP contribution in [0.2, 0.25) is 10.0 Å². The maximum absolute atomic E-state index is 13.8. The Morgan fingerprint density at radius 2 is 1.82 bits per heavy atom. The van der Waals surface area contributed by atoms with E-state index in [1.807, 2.05) is 13.0 Å². The van der Waals surface area contributed by atoms with E-state index in [1.54, 1.807) is 84.4 Å². The quantitative estimate of drug-likeness (QED) is 0.261. The zero-order valence-corrected chi connectivity index (χ0v) is 22.8. The highest BCUT2D eigenvalue weighted by Crippen LogP contribution is 2.29. The molecule has 8 nitrogen and oxygen atoms in total. The number of anilines is 1. The SMILES string of the molecule is CCC(c1nc2ccccc2c(=O)n1-c1ccc(OC)cc1)N(CCOC)C(=O)Nc1ccc(Cl)cc1Cl. The van der Waals surface area contributed by atoms with Crippen LogP contribution >= 0.6 is 23.2 Å². The molecule has 0 bridgehead atoms. The van der Waals surface area contributed by atoms with Crippen molar-refractivity contribution in [1.29, 1.82) is 0 Å². The van der Waals surface area contributed by atoms with E-state index in [0.717, 1.165) is 0 Å². The summed E-state index contributed by atoms with van der Waals surface area (Å²) in [4.78, 5) is 34.0. The molecule has 0 aliphatic carbocycles. The van der Waals surface area contributed by atoms with Crippen LogP contribution in [0.4, 0.5) is 10.5 Å². The molecular weight excluding hydrogens is 527 g/mol. The van der Waals surface area contributed by atoms with Gasteiger partial charge in [0, 0.05) is 18.7 Å². The Morgan fingerprint density at radius 3 is 2.47 bits per heavy atom. The third-order valence-corrected chi connectivity index (χ3v) is 6.71. The number of carbonyl (C=O) groups is 1. The number of amides is 2. The first-order valence-corrected chi connectivity index (χ1v) is 12.8. The van der Waals surface area contributed by atoms with Crippen LogP contribution in [0.5, 0.6) is 5.75 Å². The monoisotopic (exact) mass is 554 g/mol. The predicted octanol–water partition coefficient (Wildman–Crippen LogP) is 6.33. The second-order valence-electron chi connectivity index (χ2n) is 8.49. The molecule has 2 amide bonds. The number of benzene rings is 3. The van der Waals surface area contributed by atoms with Crippen LogP contribution in [-0.2, 0) is 4.74 Å². The number of ether oxygens (including phenoxy) is 2. The third-order valence-electron chi connectivity index (χ3n) is 6.16. The molecule has 0 saturated carbocycles. The average Bonchev–Trinajstić information content (AvgIpc) is 2.92. The Labute approximate surface area is 230 Å². The number of para-hydroxylation sites is 1. The predicted molar refractivity (Wildman–Crippen MR) is 151 cm³/mol. The molecule has 0 radical (unpaired) electrons. The largest absolute Gasteiger partial charge is 0.497 e. The first-order valence-electron chi connectivity index (χ1n) is 12.1. The van der Waals surface area contributed by atoms with E-state index in [2.05, 4.69) is 5.32 Å². The summed E-state index contributed by atoms with van der Waals surface area (Å²) >= 11 is 12.3. The molecule has 0 saturated heterocycles. The number of fused-ring (bicyclic) bond motifs is 1. The van der Waals surface area contributed by atoms with Gasteiger partial charge in [-0.3, -0.25) is 9.36 Å². The molecule has 198 valence electrons. The van der Waals surface area contributed by atoms with Crippen LogP contribution in [-0.4, -0.2) is 47.9 Å². The van der Waals surface area contributed by atoms with Crippen molar-refractivity contribution in [3.05, 3.63) is 93.0 Å². The van der Waals surface area contributed by atoms with Gasteiger partial charge < -0.3 is 19.7 Å². The Balaban J connectivity index is 1.86. The molecule has 1 N–H and O–H groups in total. The zero-order chi connectivity index (χ0) is 27.2. The van der Waals surface area contributed by atoms with Crippen molar-refractivity contribution in [2.24, 2.45) is 0 Å². The van der Waals surface area contributed by atoms with Crippen molar-refractivity contribution in [2.45, 2.75) is 19.4 Å². The van der Waals surface area contributed by atoms with Gasteiger partial charge in [0.1, 0.15) is 11.6 Å². The number of nitrogens with one attached hydrogen (secondary N) is 1. The van der Waals surface area contributed by atoms with E-state index in [-0.39, 0.29) is 18.7 Å². The molecule has 1 unspecified atom stereocenters. The number of halogens is 2. The van der Waals surface area contributed by atoms with E-state index >= 15 is 0 Å². The minimum Gasteiger partial charge on any atom is -0.497 e. The molecule has 38 heavy (non-hydrogen) atoms. The van der Waals surface area contributed by atoms with Crippen molar-refractivity contribution < 1.29 is 14.3 Å². The van der Waals surface area contributed by atoms with Crippen LogP contribution in [0.1, 0.15) is 25.2 Å². The number of aromatic nitrogens is 2. The Hall–Kier alpha value is -3.59. The molecule has 0 spiro atoms.